The van der Waals surface area contributed by atoms with Crippen LogP contribution in [0.25, 0.3) is 5.65 Å². The van der Waals surface area contributed by atoms with Gasteiger partial charge in [-0.05, 0) is 59.4 Å². The molecule has 3 aromatic rings. The van der Waals surface area contributed by atoms with E-state index in [9.17, 15) is 14.0 Å². The Morgan fingerprint density at radius 3 is 2.55 bits per heavy atom. The summed E-state index contributed by atoms with van der Waals surface area (Å²) in [5.74, 6) is -0.632. The number of likely N-dealkylation sites (tertiary alicyclic amines) is 1. The van der Waals surface area contributed by atoms with E-state index in [1.807, 2.05) is 40.8 Å². The Balaban J connectivity index is 1.42. The van der Waals surface area contributed by atoms with Crippen molar-refractivity contribution in [3.05, 3.63) is 45.4 Å². The van der Waals surface area contributed by atoms with Gasteiger partial charge in [-0.25, -0.2) is 14.2 Å². The van der Waals surface area contributed by atoms with Gasteiger partial charge in [-0.2, -0.15) is 0 Å². The number of ether oxygens (including phenoxy) is 1. The van der Waals surface area contributed by atoms with Crippen molar-refractivity contribution in [2.24, 2.45) is 0 Å². The molecule has 1 aliphatic heterocycles. The average Bonchev–Trinajstić information content (AvgIpc) is 3.30. The van der Waals surface area contributed by atoms with Crippen LogP contribution in [-0.4, -0.2) is 50.0 Å². The summed E-state index contributed by atoms with van der Waals surface area (Å²) in [6.45, 7) is 10.3. The molecule has 1 N–H and O–H groups in total. The van der Waals surface area contributed by atoms with Crippen LogP contribution < -0.4 is 5.32 Å². The molecule has 10 heteroatoms. The Labute approximate surface area is 195 Å². The molecule has 33 heavy (non-hydrogen) atoms. The van der Waals surface area contributed by atoms with Crippen LogP contribution in [0.4, 0.5) is 15.0 Å². The summed E-state index contributed by atoms with van der Waals surface area (Å²) in [5, 5.41) is 2.70. The minimum atomic E-state index is -0.542. The number of fused-ring (bicyclic) bond motifs is 1. The predicted octanol–water partition coefficient (Wildman–Crippen LogP) is 4.91. The van der Waals surface area contributed by atoms with Gasteiger partial charge in [-0.1, -0.05) is 0 Å². The molecule has 0 aromatic carbocycles. The maximum Gasteiger partial charge on any atom is 0.410 e. The van der Waals surface area contributed by atoms with Crippen molar-refractivity contribution in [1.82, 2.24) is 19.3 Å². The van der Waals surface area contributed by atoms with Gasteiger partial charge in [0.2, 0.25) is 0 Å². The fraction of sp³-hybridized carbons (Fsp3) is 0.478. The molecule has 0 saturated carbocycles. The van der Waals surface area contributed by atoms with E-state index in [1.54, 1.807) is 15.5 Å². The zero-order valence-corrected chi connectivity index (χ0v) is 20.3. The highest BCUT2D eigenvalue weighted by Gasteiger charge is 2.29. The summed E-state index contributed by atoms with van der Waals surface area (Å²) in [6, 6.07) is 1.44. The number of carbonyl (C=O) groups excluding carboxylic acids is 2. The van der Waals surface area contributed by atoms with Gasteiger partial charge in [-0.15, -0.1) is 11.3 Å². The van der Waals surface area contributed by atoms with E-state index in [-0.39, 0.29) is 16.9 Å². The van der Waals surface area contributed by atoms with Crippen molar-refractivity contribution in [2.45, 2.75) is 59.0 Å². The van der Waals surface area contributed by atoms with Gasteiger partial charge in [0, 0.05) is 24.2 Å². The van der Waals surface area contributed by atoms with E-state index in [0.29, 0.717) is 37.4 Å². The van der Waals surface area contributed by atoms with Gasteiger partial charge in [-0.3, -0.25) is 9.78 Å². The molecular weight excluding hydrogens is 445 g/mol. The van der Waals surface area contributed by atoms with Gasteiger partial charge < -0.3 is 19.4 Å². The molecule has 4 heterocycles. The lowest BCUT2D eigenvalue weighted by Gasteiger charge is -2.33. The lowest BCUT2D eigenvalue weighted by Crippen LogP contribution is -2.41. The van der Waals surface area contributed by atoms with Gasteiger partial charge in [0.05, 0.1) is 17.6 Å². The molecule has 0 spiro atoms. The molecule has 0 radical (unpaired) electrons. The molecule has 0 unspecified atom stereocenters. The SMILES string of the molecule is Cc1cn2cc(NC(=O)c3sc(C4CCN(C(=O)OC(C)(C)C)CC4)cc3F)nc2c(C)n1. The van der Waals surface area contributed by atoms with Crippen molar-refractivity contribution in [3.8, 4) is 0 Å². The fourth-order valence-corrected chi connectivity index (χ4v) is 5.05. The standard InChI is InChI=1S/C23H28FN5O3S/c1-13-11-29-12-18(26-20(29)14(2)25-13)27-21(30)19-16(24)10-17(33-19)15-6-8-28(9-7-15)22(31)32-23(3,4)5/h10-12,15H,6-9H2,1-5H3,(H,27,30). The molecule has 4 rings (SSSR count). The minimum Gasteiger partial charge on any atom is -0.444 e. The second kappa shape index (κ2) is 8.74. The summed E-state index contributed by atoms with van der Waals surface area (Å²) >= 11 is 1.16. The van der Waals surface area contributed by atoms with Crippen LogP contribution in [0.3, 0.4) is 0 Å². The normalized spacial score (nSPS) is 15.2. The average molecular weight is 474 g/mol. The zero-order chi connectivity index (χ0) is 23.9. The number of nitrogens with zero attached hydrogens (tertiary/aromatic N) is 4. The highest BCUT2D eigenvalue weighted by molar-refractivity contribution is 7.14. The van der Waals surface area contributed by atoms with E-state index in [0.717, 1.165) is 27.6 Å². The number of carbonyl (C=O) groups is 2. The molecule has 176 valence electrons. The Kier molecular flexibility index (Phi) is 6.13. The summed E-state index contributed by atoms with van der Waals surface area (Å²) in [7, 11) is 0. The molecule has 3 aromatic heterocycles. The molecule has 0 aliphatic carbocycles. The van der Waals surface area contributed by atoms with Gasteiger partial charge in [0.25, 0.3) is 5.91 Å². The Bertz CT molecular complexity index is 1200. The van der Waals surface area contributed by atoms with Gasteiger partial charge in [0.15, 0.2) is 11.5 Å². The van der Waals surface area contributed by atoms with Crippen LogP contribution in [0.1, 0.15) is 65.5 Å². The van der Waals surface area contributed by atoms with Crippen molar-refractivity contribution in [1.29, 1.82) is 0 Å². The molecule has 8 nitrogen and oxygen atoms in total. The first-order chi connectivity index (χ1) is 15.5. The van der Waals surface area contributed by atoms with Crippen molar-refractivity contribution >= 4 is 34.8 Å². The number of hydrogen-bond donors (Lipinski definition) is 1. The van der Waals surface area contributed by atoms with Crippen LogP contribution in [0.5, 0.6) is 0 Å². The van der Waals surface area contributed by atoms with E-state index in [1.165, 1.54) is 6.07 Å². The number of thiophene rings is 1. The van der Waals surface area contributed by atoms with Gasteiger partial charge >= 0.3 is 6.09 Å². The number of rotatable bonds is 3. The largest absolute Gasteiger partial charge is 0.444 e. The summed E-state index contributed by atoms with van der Waals surface area (Å²) in [5.41, 5.74) is 1.68. The third-order valence-electron chi connectivity index (χ3n) is 5.43. The number of anilines is 1. The quantitative estimate of drug-likeness (QED) is 0.584. The Morgan fingerprint density at radius 2 is 1.88 bits per heavy atom. The number of amides is 2. The first-order valence-electron chi connectivity index (χ1n) is 10.9. The van der Waals surface area contributed by atoms with Crippen molar-refractivity contribution in [3.63, 3.8) is 0 Å². The topological polar surface area (TPSA) is 88.8 Å². The summed E-state index contributed by atoms with van der Waals surface area (Å²) in [6.07, 6.45) is 4.56. The third-order valence-corrected chi connectivity index (χ3v) is 6.70. The third kappa shape index (κ3) is 5.16. The summed E-state index contributed by atoms with van der Waals surface area (Å²) in [4.78, 5) is 36.3. The molecule has 0 atom stereocenters. The number of halogens is 1. The van der Waals surface area contributed by atoms with E-state index in [2.05, 4.69) is 15.3 Å². The Hall–Kier alpha value is -3.01. The second-order valence-corrected chi connectivity index (χ2v) is 10.4. The van der Waals surface area contributed by atoms with Crippen LogP contribution in [-0.2, 0) is 4.74 Å². The van der Waals surface area contributed by atoms with Crippen molar-refractivity contribution in [2.75, 3.05) is 18.4 Å². The first kappa shape index (κ1) is 23.2. The number of aromatic nitrogens is 3. The van der Waals surface area contributed by atoms with E-state index < -0.39 is 17.3 Å². The highest BCUT2D eigenvalue weighted by Crippen LogP contribution is 2.35. The molecular formula is C23H28FN5O3S. The zero-order valence-electron chi connectivity index (χ0n) is 19.4. The number of hydrogen-bond acceptors (Lipinski definition) is 6. The van der Waals surface area contributed by atoms with Gasteiger partial charge in [0.1, 0.15) is 16.3 Å². The fourth-order valence-electron chi connectivity index (χ4n) is 3.95. The lowest BCUT2D eigenvalue weighted by molar-refractivity contribution is 0.0205. The smallest absolute Gasteiger partial charge is 0.410 e. The Morgan fingerprint density at radius 1 is 1.18 bits per heavy atom. The van der Waals surface area contributed by atoms with Crippen LogP contribution in [0.2, 0.25) is 0 Å². The molecule has 1 fully saturated rings. The number of piperidine rings is 1. The maximum atomic E-state index is 14.7. The van der Waals surface area contributed by atoms with Crippen LogP contribution in [0, 0.1) is 19.7 Å². The minimum absolute atomic E-state index is 0.0302. The number of nitrogens with one attached hydrogen (secondary N) is 1. The molecule has 2 amide bonds. The summed E-state index contributed by atoms with van der Waals surface area (Å²) < 4.78 is 21.9. The molecule has 1 saturated heterocycles. The molecule has 0 bridgehead atoms. The first-order valence-corrected chi connectivity index (χ1v) is 11.7. The highest BCUT2D eigenvalue weighted by atomic mass is 32.1. The van der Waals surface area contributed by atoms with Crippen LogP contribution >= 0.6 is 11.3 Å². The number of aryl methyl sites for hydroxylation is 2. The second-order valence-electron chi connectivity index (χ2n) is 9.35. The lowest BCUT2D eigenvalue weighted by atomic mass is 9.95. The monoisotopic (exact) mass is 473 g/mol. The van der Waals surface area contributed by atoms with Crippen LogP contribution in [0.15, 0.2) is 18.5 Å². The maximum absolute atomic E-state index is 14.7. The molecule has 1 aliphatic rings. The number of imidazole rings is 1. The van der Waals surface area contributed by atoms with E-state index >= 15 is 0 Å². The van der Waals surface area contributed by atoms with E-state index in [4.69, 9.17) is 4.74 Å². The predicted molar refractivity (Wildman–Crippen MR) is 124 cm³/mol. The van der Waals surface area contributed by atoms with Crippen molar-refractivity contribution < 1.29 is 18.7 Å².